The smallest absolute Gasteiger partial charge is 0.0730 e. The molecule has 1 radical (unpaired) electrons. The van der Waals surface area contributed by atoms with Crippen molar-refractivity contribution in [1.82, 2.24) is 0 Å². The molecule has 1 aromatic carbocycles. The Morgan fingerprint density at radius 2 is 1.22 bits per heavy atom. The summed E-state index contributed by atoms with van der Waals surface area (Å²) >= 11 is 0. The fraction of sp³-hybridized carbons (Fsp3) is 0.625. The Morgan fingerprint density at radius 1 is 0.833 bits per heavy atom. The van der Waals surface area contributed by atoms with E-state index < -0.39 is 0 Å². The standard InChI is InChI=1S/C16H25O2/c1-15(2,3)17-11-13-8-7-9-14(10-13)12-18-16(4,5)6/h7-9H,11-12H2,1-6H3. The van der Waals surface area contributed by atoms with E-state index in [0.29, 0.717) is 13.2 Å². The predicted octanol–water partition coefficient (Wildman–Crippen LogP) is 4.12. The van der Waals surface area contributed by atoms with Gasteiger partial charge in [-0.3, -0.25) is 0 Å². The maximum atomic E-state index is 5.74. The minimum atomic E-state index is -0.119. The Morgan fingerprint density at radius 3 is 1.56 bits per heavy atom. The van der Waals surface area contributed by atoms with Crippen molar-refractivity contribution in [3.8, 4) is 0 Å². The molecule has 18 heavy (non-hydrogen) atoms. The molecule has 0 unspecified atom stereocenters. The number of ether oxygens (including phenoxy) is 2. The topological polar surface area (TPSA) is 18.5 Å². The highest BCUT2D eigenvalue weighted by Crippen LogP contribution is 2.15. The first-order valence-electron chi connectivity index (χ1n) is 6.44. The minimum absolute atomic E-state index is 0.119. The second-order valence-corrected chi connectivity index (χ2v) is 6.50. The van der Waals surface area contributed by atoms with E-state index in [9.17, 15) is 0 Å². The second-order valence-electron chi connectivity index (χ2n) is 6.50. The summed E-state index contributed by atoms with van der Waals surface area (Å²) in [6.07, 6.45) is 0. The molecule has 0 fully saturated rings. The van der Waals surface area contributed by atoms with Crippen LogP contribution in [0.4, 0.5) is 0 Å². The lowest BCUT2D eigenvalue weighted by Crippen LogP contribution is -2.19. The molecule has 0 aliphatic carbocycles. The zero-order valence-corrected chi connectivity index (χ0v) is 12.5. The van der Waals surface area contributed by atoms with Crippen molar-refractivity contribution in [2.24, 2.45) is 0 Å². The molecule has 0 aliphatic heterocycles. The van der Waals surface area contributed by atoms with E-state index in [1.807, 2.05) is 18.2 Å². The van der Waals surface area contributed by atoms with Crippen LogP contribution in [0.25, 0.3) is 0 Å². The maximum absolute atomic E-state index is 5.74. The molecule has 0 aliphatic rings. The van der Waals surface area contributed by atoms with Crippen LogP contribution in [0.15, 0.2) is 18.2 Å². The first kappa shape index (κ1) is 15.2. The van der Waals surface area contributed by atoms with Gasteiger partial charge in [0.25, 0.3) is 0 Å². The van der Waals surface area contributed by atoms with E-state index in [1.54, 1.807) is 0 Å². The van der Waals surface area contributed by atoms with E-state index >= 15 is 0 Å². The maximum Gasteiger partial charge on any atom is 0.0730 e. The third-order valence-electron chi connectivity index (χ3n) is 2.24. The van der Waals surface area contributed by atoms with Crippen LogP contribution >= 0.6 is 0 Å². The molecule has 0 bridgehead atoms. The fourth-order valence-corrected chi connectivity index (χ4v) is 1.33. The molecule has 0 saturated carbocycles. The van der Waals surface area contributed by atoms with Crippen LogP contribution in [0.5, 0.6) is 0 Å². The number of hydrogen-bond acceptors (Lipinski definition) is 2. The summed E-state index contributed by atoms with van der Waals surface area (Å²) in [6, 6.07) is 9.43. The number of benzene rings is 1. The van der Waals surface area contributed by atoms with E-state index in [2.05, 4.69) is 47.6 Å². The molecule has 1 rings (SSSR count). The molecule has 0 amide bonds. The highest BCUT2D eigenvalue weighted by Gasteiger charge is 2.12. The van der Waals surface area contributed by atoms with Crippen molar-refractivity contribution in [2.75, 3.05) is 0 Å². The fourth-order valence-electron chi connectivity index (χ4n) is 1.33. The third kappa shape index (κ3) is 6.77. The summed E-state index contributed by atoms with van der Waals surface area (Å²) in [5.41, 5.74) is 1.90. The molecule has 0 spiro atoms. The molecule has 2 heteroatoms. The molecule has 101 valence electrons. The lowest BCUT2D eigenvalue weighted by atomic mass is 10.1. The van der Waals surface area contributed by atoms with Crippen LogP contribution in [0.2, 0.25) is 0 Å². The molecule has 0 saturated heterocycles. The average Bonchev–Trinajstić information content (AvgIpc) is 2.22. The van der Waals surface area contributed by atoms with E-state index in [1.165, 1.54) is 0 Å². The van der Waals surface area contributed by atoms with Crippen LogP contribution in [-0.2, 0) is 22.7 Å². The summed E-state index contributed by atoms with van der Waals surface area (Å²) in [6.45, 7) is 13.5. The summed E-state index contributed by atoms with van der Waals surface area (Å²) in [7, 11) is 0. The van der Waals surface area contributed by atoms with Gasteiger partial charge in [-0.25, -0.2) is 0 Å². The molecular formula is C16H25O2. The molecule has 0 heterocycles. The SMILES string of the molecule is CC(C)(C)OCc1[c]c(COC(C)(C)C)ccc1. The van der Waals surface area contributed by atoms with Gasteiger partial charge in [-0.15, -0.1) is 0 Å². The van der Waals surface area contributed by atoms with Gasteiger partial charge in [0.1, 0.15) is 0 Å². The van der Waals surface area contributed by atoms with Crippen molar-refractivity contribution >= 4 is 0 Å². The normalized spacial score (nSPS) is 12.8. The number of hydrogen-bond donors (Lipinski definition) is 0. The average molecular weight is 249 g/mol. The van der Waals surface area contributed by atoms with Gasteiger partial charge in [0.15, 0.2) is 0 Å². The Labute approximate surface area is 111 Å². The van der Waals surface area contributed by atoms with Crippen LogP contribution < -0.4 is 0 Å². The van der Waals surface area contributed by atoms with Gasteiger partial charge in [-0.1, -0.05) is 18.2 Å². The van der Waals surface area contributed by atoms with Crippen LogP contribution in [0.3, 0.4) is 0 Å². The molecular weight excluding hydrogens is 224 g/mol. The van der Waals surface area contributed by atoms with Crippen molar-refractivity contribution < 1.29 is 9.47 Å². The van der Waals surface area contributed by atoms with Crippen LogP contribution in [0.1, 0.15) is 52.7 Å². The van der Waals surface area contributed by atoms with Crippen molar-refractivity contribution in [1.29, 1.82) is 0 Å². The van der Waals surface area contributed by atoms with Gasteiger partial charge in [-0.05, 0) is 58.7 Å². The zero-order chi connectivity index (χ0) is 13.8. The Kier molecular flexibility index (Phi) is 4.94. The Bertz CT molecular complexity index is 336. The monoisotopic (exact) mass is 249 g/mol. The first-order chi connectivity index (χ1) is 8.16. The first-order valence-corrected chi connectivity index (χ1v) is 6.44. The highest BCUT2D eigenvalue weighted by molar-refractivity contribution is 5.20. The number of rotatable bonds is 4. The Balaban J connectivity index is 2.57. The predicted molar refractivity (Wildman–Crippen MR) is 74.4 cm³/mol. The zero-order valence-electron chi connectivity index (χ0n) is 12.5. The van der Waals surface area contributed by atoms with E-state index in [4.69, 9.17) is 9.47 Å². The third-order valence-corrected chi connectivity index (χ3v) is 2.24. The molecule has 0 N–H and O–H groups in total. The lowest BCUT2D eigenvalue weighted by molar-refractivity contribution is -0.0173. The lowest BCUT2D eigenvalue weighted by Gasteiger charge is -2.21. The quantitative estimate of drug-likeness (QED) is 0.799. The summed E-state index contributed by atoms with van der Waals surface area (Å²) in [5, 5.41) is 0. The summed E-state index contributed by atoms with van der Waals surface area (Å²) in [5.74, 6) is 0. The van der Waals surface area contributed by atoms with Crippen molar-refractivity contribution in [3.05, 3.63) is 35.4 Å². The molecule has 0 atom stereocenters. The van der Waals surface area contributed by atoms with E-state index in [-0.39, 0.29) is 11.2 Å². The van der Waals surface area contributed by atoms with E-state index in [0.717, 1.165) is 11.1 Å². The van der Waals surface area contributed by atoms with Gasteiger partial charge < -0.3 is 9.47 Å². The summed E-state index contributed by atoms with van der Waals surface area (Å²) < 4.78 is 11.5. The molecule has 2 nitrogen and oxygen atoms in total. The Hall–Kier alpha value is -0.860. The second kappa shape index (κ2) is 5.85. The highest BCUT2D eigenvalue weighted by atomic mass is 16.5. The van der Waals surface area contributed by atoms with Crippen LogP contribution in [-0.4, -0.2) is 11.2 Å². The van der Waals surface area contributed by atoms with Crippen molar-refractivity contribution in [3.63, 3.8) is 0 Å². The molecule has 0 aromatic heterocycles. The van der Waals surface area contributed by atoms with Crippen LogP contribution in [0, 0.1) is 6.07 Å². The van der Waals surface area contributed by atoms with Gasteiger partial charge in [0.2, 0.25) is 0 Å². The van der Waals surface area contributed by atoms with Gasteiger partial charge >= 0.3 is 0 Å². The summed E-state index contributed by atoms with van der Waals surface area (Å²) in [4.78, 5) is 0. The largest absolute Gasteiger partial charge is 0.371 e. The molecule has 1 aromatic rings. The minimum Gasteiger partial charge on any atom is -0.371 e. The van der Waals surface area contributed by atoms with Gasteiger partial charge in [0.05, 0.1) is 24.4 Å². The van der Waals surface area contributed by atoms with Gasteiger partial charge in [0, 0.05) is 0 Å². The van der Waals surface area contributed by atoms with Gasteiger partial charge in [-0.2, -0.15) is 0 Å². The van der Waals surface area contributed by atoms with Crippen molar-refractivity contribution in [2.45, 2.75) is 66.0 Å².